The Labute approximate surface area is 196 Å². The van der Waals surface area contributed by atoms with Crippen molar-refractivity contribution >= 4 is 52.5 Å². The summed E-state index contributed by atoms with van der Waals surface area (Å²) >= 11 is 12.2. The Kier molecular flexibility index (Phi) is 7.99. The van der Waals surface area contributed by atoms with E-state index in [4.69, 9.17) is 23.2 Å². The SMILES string of the molecule is Cc1cccc(Cl)c1NC(=O)Nc1cc(Cl)ccc1C(=O)N[C@H](C(=O)O)C1CCCCC1. The van der Waals surface area contributed by atoms with Crippen LogP contribution in [0.3, 0.4) is 0 Å². The van der Waals surface area contributed by atoms with Gasteiger partial charge in [-0.25, -0.2) is 9.59 Å². The number of carboxylic acid groups (broad SMARTS) is 1. The molecule has 2 aromatic carbocycles. The van der Waals surface area contributed by atoms with E-state index < -0.39 is 23.9 Å². The molecule has 0 spiro atoms. The summed E-state index contributed by atoms with van der Waals surface area (Å²) in [5.41, 5.74) is 1.49. The highest BCUT2D eigenvalue weighted by Gasteiger charge is 2.31. The summed E-state index contributed by atoms with van der Waals surface area (Å²) < 4.78 is 0. The van der Waals surface area contributed by atoms with E-state index in [0.717, 1.165) is 37.7 Å². The lowest BCUT2D eigenvalue weighted by Gasteiger charge is -2.28. The number of hydrogen-bond acceptors (Lipinski definition) is 3. The van der Waals surface area contributed by atoms with Gasteiger partial charge in [-0.2, -0.15) is 0 Å². The largest absolute Gasteiger partial charge is 0.480 e. The molecule has 170 valence electrons. The van der Waals surface area contributed by atoms with Crippen LogP contribution in [0.5, 0.6) is 0 Å². The molecule has 1 saturated carbocycles. The minimum absolute atomic E-state index is 0.113. The lowest BCUT2D eigenvalue weighted by molar-refractivity contribution is -0.141. The lowest BCUT2D eigenvalue weighted by atomic mass is 9.84. The first-order valence-electron chi connectivity index (χ1n) is 10.4. The maximum atomic E-state index is 13.0. The fraction of sp³-hybridized carbons (Fsp3) is 0.348. The highest BCUT2D eigenvalue weighted by molar-refractivity contribution is 6.34. The first-order valence-corrected chi connectivity index (χ1v) is 11.2. The number of hydrogen-bond donors (Lipinski definition) is 4. The predicted octanol–water partition coefficient (Wildman–Crippen LogP) is 5.71. The minimum atomic E-state index is -1.07. The molecule has 0 unspecified atom stereocenters. The zero-order chi connectivity index (χ0) is 23.3. The average molecular weight is 478 g/mol. The van der Waals surface area contributed by atoms with Crippen molar-refractivity contribution in [3.63, 3.8) is 0 Å². The highest BCUT2D eigenvalue weighted by atomic mass is 35.5. The third-order valence-electron chi connectivity index (χ3n) is 5.61. The van der Waals surface area contributed by atoms with Gasteiger partial charge in [0.15, 0.2) is 0 Å². The van der Waals surface area contributed by atoms with Crippen LogP contribution in [-0.2, 0) is 4.79 Å². The molecule has 1 aliphatic carbocycles. The van der Waals surface area contributed by atoms with Crippen LogP contribution in [0.15, 0.2) is 36.4 Å². The Morgan fingerprint density at radius 3 is 2.41 bits per heavy atom. The summed E-state index contributed by atoms with van der Waals surface area (Å²) in [7, 11) is 0. The van der Waals surface area contributed by atoms with E-state index in [0.29, 0.717) is 15.7 Å². The number of benzene rings is 2. The second kappa shape index (κ2) is 10.7. The molecular weight excluding hydrogens is 453 g/mol. The predicted molar refractivity (Wildman–Crippen MR) is 126 cm³/mol. The van der Waals surface area contributed by atoms with E-state index in [9.17, 15) is 19.5 Å². The van der Waals surface area contributed by atoms with E-state index in [1.807, 2.05) is 0 Å². The van der Waals surface area contributed by atoms with Crippen molar-refractivity contribution in [1.29, 1.82) is 0 Å². The van der Waals surface area contributed by atoms with Crippen molar-refractivity contribution in [2.75, 3.05) is 10.6 Å². The van der Waals surface area contributed by atoms with Gasteiger partial charge in [-0.3, -0.25) is 4.79 Å². The van der Waals surface area contributed by atoms with Crippen LogP contribution in [0.2, 0.25) is 10.0 Å². The molecule has 0 aromatic heterocycles. The van der Waals surface area contributed by atoms with Crippen LogP contribution in [-0.4, -0.2) is 29.1 Å². The van der Waals surface area contributed by atoms with Gasteiger partial charge in [0.25, 0.3) is 5.91 Å². The molecule has 0 aliphatic heterocycles. The summed E-state index contributed by atoms with van der Waals surface area (Å²) in [6.45, 7) is 1.80. The molecule has 0 radical (unpaired) electrons. The normalized spacial score (nSPS) is 15.0. The fourth-order valence-corrected chi connectivity index (χ4v) is 4.38. The van der Waals surface area contributed by atoms with Gasteiger partial charge in [0.2, 0.25) is 0 Å². The molecule has 0 saturated heterocycles. The molecule has 9 heteroatoms. The summed E-state index contributed by atoms with van der Waals surface area (Å²) in [5.74, 6) is -1.79. The number of carboxylic acids is 1. The number of aryl methyl sites for hydroxylation is 1. The van der Waals surface area contributed by atoms with E-state index in [1.54, 1.807) is 25.1 Å². The quantitative estimate of drug-likeness (QED) is 0.427. The molecule has 4 N–H and O–H groups in total. The fourth-order valence-electron chi connectivity index (χ4n) is 3.94. The Bertz CT molecular complexity index is 1000. The van der Waals surface area contributed by atoms with Crippen molar-refractivity contribution < 1.29 is 19.5 Å². The zero-order valence-electron chi connectivity index (χ0n) is 17.6. The van der Waals surface area contributed by atoms with Crippen LogP contribution in [0.4, 0.5) is 16.2 Å². The summed E-state index contributed by atoms with van der Waals surface area (Å²) in [6, 6.07) is 8.02. The number of carbonyl (C=O) groups is 3. The number of amides is 3. The molecule has 0 bridgehead atoms. The molecular formula is C23H25Cl2N3O4. The molecule has 2 aromatic rings. The van der Waals surface area contributed by atoms with Crippen LogP contribution >= 0.6 is 23.2 Å². The van der Waals surface area contributed by atoms with E-state index >= 15 is 0 Å². The van der Waals surface area contributed by atoms with E-state index in [2.05, 4.69) is 16.0 Å². The summed E-state index contributed by atoms with van der Waals surface area (Å²) in [6.07, 6.45) is 4.46. The third-order valence-corrected chi connectivity index (χ3v) is 6.16. The zero-order valence-corrected chi connectivity index (χ0v) is 19.1. The molecule has 32 heavy (non-hydrogen) atoms. The van der Waals surface area contributed by atoms with Gasteiger partial charge in [0.1, 0.15) is 6.04 Å². The molecule has 1 fully saturated rings. The molecule has 3 amide bonds. The number of urea groups is 1. The Balaban J connectivity index is 1.78. The smallest absolute Gasteiger partial charge is 0.326 e. The molecule has 7 nitrogen and oxygen atoms in total. The van der Waals surface area contributed by atoms with Gasteiger partial charge in [-0.15, -0.1) is 0 Å². The van der Waals surface area contributed by atoms with Crippen molar-refractivity contribution in [2.24, 2.45) is 5.92 Å². The second-order valence-corrected chi connectivity index (χ2v) is 8.73. The number of aliphatic carboxylic acids is 1. The van der Waals surface area contributed by atoms with Crippen LogP contribution in [0, 0.1) is 12.8 Å². The first-order chi connectivity index (χ1) is 15.3. The van der Waals surface area contributed by atoms with Crippen molar-refractivity contribution in [2.45, 2.75) is 45.1 Å². The van der Waals surface area contributed by atoms with Crippen molar-refractivity contribution in [3.8, 4) is 0 Å². The van der Waals surface area contributed by atoms with E-state index in [1.165, 1.54) is 18.2 Å². The summed E-state index contributed by atoms with van der Waals surface area (Å²) in [4.78, 5) is 37.4. The van der Waals surface area contributed by atoms with Gasteiger partial charge < -0.3 is 21.1 Å². The monoisotopic (exact) mass is 477 g/mol. The van der Waals surface area contributed by atoms with E-state index in [-0.39, 0.29) is 17.2 Å². The molecule has 3 rings (SSSR count). The highest BCUT2D eigenvalue weighted by Crippen LogP contribution is 2.29. The molecule has 1 atom stereocenters. The van der Waals surface area contributed by atoms with Crippen molar-refractivity contribution in [1.82, 2.24) is 5.32 Å². The van der Waals surface area contributed by atoms with Gasteiger partial charge in [-0.1, -0.05) is 54.6 Å². The lowest BCUT2D eigenvalue weighted by Crippen LogP contribution is -2.46. The van der Waals surface area contributed by atoms with Gasteiger partial charge in [0, 0.05) is 5.02 Å². The number of anilines is 2. The van der Waals surface area contributed by atoms with Gasteiger partial charge in [-0.05, 0) is 55.5 Å². The number of rotatable bonds is 6. The number of halogens is 2. The van der Waals surface area contributed by atoms with Gasteiger partial charge >= 0.3 is 12.0 Å². The Hall–Kier alpha value is -2.77. The molecule has 1 aliphatic rings. The Morgan fingerprint density at radius 2 is 1.75 bits per heavy atom. The number of para-hydroxylation sites is 1. The third kappa shape index (κ3) is 5.93. The Morgan fingerprint density at radius 1 is 1.03 bits per heavy atom. The van der Waals surface area contributed by atoms with Crippen molar-refractivity contribution in [3.05, 3.63) is 57.6 Å². The maximum Gasteiger partial charge on any atom is 0.326 e. The van der Waals surface area contributed by atoms with Crippen LogP contribution < -0.4 is 16.0 Å². The standard InChI is InChI=1S/C23H25Cl2N3O4/c1-13-6-5-9-17(25)19(13)28-23(32)26-18-12-15(24)10-11-16(18)21(29)27-20(22(30)31)14-7-3-2-4-8-14/h5-6,9-12,14,20H,2-4,7-8H2,1H3,(H,27,29)(H,30,31)(H2,26,28,32)/t20-/m0/s1. The number of carbonyl (C=O) groups excluding carboxylic acids is 2. The second-order valence-electron chi connectivity index (χ2n) is 7.89. The summed E-state index contributed by atoms with van der Waals surface area (Å²) in [5, 5.41) is 18.3. The maximum absolute atomic E-state index is 13.0. The number of nitrogens with one attached hydrogen (secondary N) is 3. The molecule has 0 heterocycles. The van der Waals surface area contributed by atoms with Gasteiger partial charge in [0.05, 0.1) is 22.0 Å². The van der Waals surface area contributed by atoms with Crippen LogP contribution in [0.1, 0.15) is 48.0 Å². The average Bonchev–Trinajstić information content (AvgIpc) is 2.75. The topological polar surface area (TPSA) is 108 Å². The van der Waals surface area contributed by atoms with Crippen LogP contribution in [0.25, 0.3) is 0 Å². The minimum Gasteiger partial charge on any atom is -0.480 e. The first kappa shape index (κ1) is 23.9.